The number of pyridine rings is 1. The van der Waals surface area contributed by atoms with Gasteiger partial charge in [-0.3, -0.25) is 9.59 Å². The van der Waals surface area contributed by atoms with Crippen LogP contribution in [0.2, 0.25) is 0 Å². The number of aromatic nitrogens is 1. The molecule has 0 spiro atoms. The molecule has 2 aliphatic heterocycles. The van der Waals surface area contributed by atoms with Gasteiger partial charge in [-0.15, -0.1) is 11.8 Å². The summed E-state index contributed by atoms with van der Waals surface area (Å²) in [4.78, 5) is 41.2. The Morgan fingerprint density at radius 1 is 0.923 bits per heavy atom. The van der Waals surface area contributed by atoms with Crippen LogP contribution in [-0.2, 0) is 32.2 Å². The Morgan fingerprint density at radius 2 is 1.67 bits per heavy atom. The summed E-state index contributed by atoms with van der Waals surface area (Å²) in [5.41, 5.74) is 5.01. The normalized spacial score (nSPS) is 20.4. The zero-order valence-electron chi connectivity index (χ0n) is 27.8. The molecule has 3 N–H and O–H groups in total. The van der Waals surface area contributed by atoms with E-state index in [4.69, 9.17) is 9.47 Å². The van der Waals surface area contributed by atoms with Gasteiger partial charge in [-0.25, -0.2) is 9.78 Å². The lowest BCUT2D eigenvalue weighted by atomic mass is 9.99. The summed E-state index contributed by atoms with van der Waals surface area (Å²) < 4.78 is 51.9. The summed E-state index contributed by atoms with van der Waals surface area (Å²) in [7, 11) is 0. The Bertz CT molecular complexity index is 1890. The number of amides is 2. The Labute approximate surface area is 302 Å². The molecule has 2 saturated heterocycles. The molecule has 2 aliphatic rings. The minimum Gasteiger partial charge on any atom is -0.478 e. The van der Waals surface area contributed by atoms with Gasteiger partial charge in [0.05, 0.1) is 24.4 Å². The number of likely N-dealkylation sites (tertiary alicyclic amines) is 1. The summed E-state index contributed by atoms with van der Waals surface area (Å²) in [6.45, 7) is -0.120. The highest BCUT2D eigenvalue weighted by atomic mass is 32.2. The molecule has 0 unspecified atom stereocenters. The molecule has 4 atom stereocenters. The third kappa shape index (κ3) is 8.81. The van der Waals surface area contributed by atoms with Crippen molar-refractivity contribution >= 4 is 29.5 Å². The SMILES string of the molecule is O=C(O)c1cccnc1SC[C@@H]1C[C@H](c2ccc(CO)cc2)O[C@H](c2ccc(-c3cccc(CNC(=O)[C@@H]4CCCN4C(=O)C(F)(F)F)c3)cc2)O1. The van der Waals surface area contributed by atoms with Gasteiger partial charge in [-0.2, -0.15) is 13.2 Å². The number of aliphatic hydroxyl groups is 1. The van der Waals surface area contributed by atoms with Gasteiger partial charge in [0.25, 0.3) is 0 Å². The molecular formula is C38H36F3N3O7S. The van der Waals surface area contributed by atoms with Crippen LogP contribution in [-0.4, -0.2) is 68.5 Å². The molecular weight excluding hydrogens is 699 g/mol. The maximum Gasteiger partial charge on any atom is 0.471 e. The number of nitrogens with zero attached hydrogens (tertiary/aromatic N) is 2. The van der Waals surface area contributed by atoms with Crippen LogP contribution in [0.25, 0.3) is 11.1 Å². The van der Waals surface area contributed by atoms with Crippen LogP contribution in [0.1, 0.15) is 64.3 Å². The molecule has 2 fully saturated rings. The average Bonchev–Trinajstić information content (AvgIpc) is 3.66. The summed E-state index contributed by atoms with van der Waals surface area (Å²) in [6, 6.07) is 24.4. The molecule has 0 saturated carbocycles. The van der Waals surface area contributed by atoms with Crippen LogP contribution >= 0.6 is 11.8 Å². The van der Waals surface area contributed by atoms with Crippen LogP contribution in [0, 0.1) is 0 Å². The van der Waals surface area contributed by atoms with Crippen molar-refractivity contribution in [3.8, 4) is 11.1 Å². The maximum atomic E-state index is 13.0. The van der Waals surface area contributed by atoms with Crippen LogP contribution in [0.4, 0.5) is 13.2 Å². The fourth-order valence-electron chi connectivity index (χ4n) is 6.31. The van der Waals surface area contributed by atoms with Gasteiger partial charge < -0.3 is 29.9 Å². The molecule has 272 valence electrons. The van der Waals surface area contributed by atoms with E-state index in [1.165, 1.54) is 17.8 Å². The molecule has 14 heteroatoms. The van der Waals surface area contributed by atoms with E-state index in [1.54, 1.807) is 18.3 Å². The van der Waals surface area contributed by atoms with Crippen LogP contribution < -0.4 is 5.32 Å². The van der Waals surface area contributed by atoms with E-state index in [-0.39, 0.29) is 43.9 Å². The molecule has 10 nitrogen and oxygen atoms in total. The van der Waals surface area contributed by atoms with E-state index in [0.717, 1.165) is 33.4 Å². The molecule has 6 rings (SSSR count). The van der Waals surface area contributed by atoms with Gasteiger partial charge >= 0.3 is 18.1 Å². The van der Waals surface area contributed by atoms with Gasteiger partial charge in [0, 0.05) is 37.0 Å². The second-order valence-electron chi connectivity index (χ2n) is 12.5. The van der Waals surface area contributed by atoms with Crippen molar-refractivity contribution < 1.29 is 47.2 Å². The molecule has 0 bridgehead atoms. The van der Waals surface area contributed by atoms with Crippen molar-refractivity contribution in [1.29, 1.82) is 0 Å². The first-order chi connectivity index (χ1) is 25.0. The fraction of sp³-hybridized carbons (Fsp3) is 0.316. The van der Waals surface area contributed by atoms with Crippen molar-refractivity contribution in [2.75, 3.05) is 12.3 Å². The number of carboxylic acids is 1. The Kier molecular flexibility index (Phi) is 11.6. The number of halogens is 3. The monoisotopic (exact) mass is 735 g/mol. The van der Waals surface area contributed by atoms with Gasteiger partial charge in [-0.1, -0.05) is 66.7 Å². The number of aromatic carboxylic acids is 1. The zero-order chi connectivity index (χ0) is 36.8. The number of aliphatic hydroxyl groups excluding tert-OH is 1. The fourth-order valence-corrected chi connectivity index (χ4v) is 7.31. The van der Waals surface area contributed by atoms with E-state index in [1.807, 2.05) is 66.7 Å². The van der Waals surface area contributed by atoms with E-state index >= 15 is 0 Å². The Morgan fingerprint density at radius 3 is 2.38 bits per heavy atom. The molecule has 4 aromatic rings. The topological polar surface area (TPSA) is 138 Å². The van der Waals surface area contributed by atoms with Gasteiger partial charge in [0.1, 0.15) is 11.1 Å². The average molecular weight is 736 g/mol. The highest BCUT2D eigenvalue weighted by molar-refractivity contribution is 7.99. The van der Waals surface area contributed by atoms with Crippen molar-refractivity contribution in [1.82, 2.24) is 15.2 Å². The molecule has 1 aromatic heterocycles. The van der Waals surface area contributed by atoms with E-state index < -0.39 is 36.3 Å². The molecule has 3 aromatic carbocycles. The second kappa shape index (κ2) is 16.3. The largest absolute Gasteiger partial charge is 0.478 e. The smallest absolute Gasteiger partial charge is 0.471 e. The lowest BCUT2D eigenvalue weighted by Crippen LogP contribution is -2.50. The number of alkyl halides is 3. The third-order valence-electron chi connectivity index (χ3n) is 8.99. The highest BCUT2D eigenvalue weighted by Crippen LogP contribution is 2.40. The van der Waals surface area contributed by atoms with Crippen LogP contribution in [0.5, 0.6) is 0 Å². The zero-order valence-corrected chi connectivity index (χ0v) is 28.6. The first kappa shape index (κ1) is 37.0. The number of benzene rings is 3. The molecule has 3 heterocycles. The number of hydrogen-bond acceptors (Lipinski definition) is 8. The summed E-state index contributed by atoms with van der Waals surface area (Å²) in [5.74, 6) is -3.25. The predicted octanol–water partition coefficient (Wildman–Crippen LogP) is 6.45. The van der Waals surface area contributed by atoms with Gasteiger partial charge in [0.2, 0.25) is 5.91 Å². The van der Waals surface area contributed by atoms with Crippen LogP contribution in [0.3, 0.4) is 0 Å². The molecule has 2 amide bonds. The van der Waals surface area contributed by atoms with E-state index in [0.29, 0.717) is 28.5 Å². The highest BCUT2D eigenvalue weighted by Gasteiger charge is 2.47. The number of ether oxygens (including phenoxy) is 2. The predicted molar refractivity (Wildman–Crippen MR) is 185 cm³/mol. The van der Waals surface area contributed by atoms with Gasteiger partial charge in [-0.05, 0) is 58.9 Å². The van der Waals surface area contributed by atoms with Crippen molar-refractivity contribution in [3.05, 3.63) is 119 Å². The van der Waals surface area contributed by atoms with Gasteiger partial charge in [0.15, 0.2) is 6.29 Å². The quantitative estimate of drug-likeness (QED) is 0.149. The maximum absolute atomic E-state index is 13.0. The Balaban J connectivity index is 1.14. The third-order valence-corrected chi connectivity index (χ3v) is 10.1. The number of hydrogen-bond donors (Lipinski definition) is 3. The van der Waals surface area contributed by atoms with Crippen LogP contribution in [0.15, 0.2) is 96.2 Å². The summed E-state index contributed by atoms with van der Waals surface area (Å²) >= 11 is 1.30. The number of thioether (sulfide) groups is 1. The van der Waals surface area contributed by atoms with E-state index in [2.05, 4.69) is 10.3 Å². The Hall–Kier alpha value is -4.76. The van der Waals surface area contributed by atoms with Crippen molar-refractivity contribution in [2.24, 2.45) is 0 Å². The molecule has 0 aliphatic carbocycles. The van der Waals surface area contributed by atoms with Crippen molar-refractivity contribution in [2.45, 2.75) is 68.2 Å². The lowest BCUT2D eigenvalue weighted by molar-refractivity contribution is -0.245. The second-order valence-corrected chi connectivity index (χ2v) is 13.5. The minimum atomic E-state index is -5.04. The number of carboxylic acid groups (broad SMARTS) is 1. The summed E-state index contributed by atoms with van der Waals surface area (Å²) in [6.07, 6.45) is -3.88. The number of carbonyl (C=O) groups excluding carboxylic acids is 2. The van der Waals surface area contributed by atoms with E-state index in [9.17, 15) is 37.8 Å². The lowest BCUT2D eigenvalue weighted by Gasteiger charge is -2.36. The minimum absolute atomic E-state index is 0.0750. The first-order valence-corrected chi connectivity index (χ1v) is 17.6. The number of carbonyl (C=O) groups is 3. The molecule has 0 radical (unpaired) electrons. The number of rotatable bonds is 11. The number of nitrogens with one attached hydrogen (secondary N) is 1. The standard InChI is InChI=1S/C38H36F3N3O7S/c39-38(40,41)37(49)44-17-3-7-31(44)33(46)43-20-24-4-1-5-28(18-24)25-12-14-27(15-13-25)36-50-29(22-52-34-30(35(47)48)6-2-16-42-34)19-32(51-36)26-10-8-23(21-45)9-11-26/h1-2,4-6,8-16,18,29,31-32,36,45H,3,7,17,19-22H2,(H,43,46)(H,47,48)/t29-,31-,32+,36+/m0/s1. The first-order valence-electron chi connectivity index (χ1n) is 16.7. The van der Waals surface area contributed by atoms with Crippen molar-refractivity contribution in [3.63, 3.8) is 0 Å². The molecule has 52 heavy (non-hydrogen) atoms. The summed E-state index contributed by atoms with van der Waals surface area (Å²) in [5, 5.41) is 22.2.